The Balaban J connectivity index is 2.50. The molecular weight excluding hydrogens is 473 g/mol. The SMILES string of the molecule is CCCC(O)C(CNCc1ccc(C)cc1C)N(C(=O)CC(N)=O)c1cc(NC)cc(C(F)(F)F)c1. The minimum absolute atomic E-state index is 0.0735. The molecule has 36 heavy (non-hydrogen) atoms. The van der Waals surface area contributed by atoms with Gasteiger partial charge in [-0.3, -0.25) is 9.59 Å². The number of nitrogens with zero attached hydrogens (tertiary/aromatic N) is 1. The van der Waals surface area contributed by atoms with E-state index in [0.29, 0.717) is 19.4 Å². The van der Waals surface area contributed by atoms with E-state index in [0.717, 1.165) is 33.7 Å². The highest BCUT2D eigenvalue weighted by Crippen LogP contribution is 2.35. The predicted octanol–water partition coefficient (Wildman–Crippen LogP) is 3.89. The fraction of sp³-hybridized carbons (Fsp3) is 0.462. The van der Waals surface area contributed by atoms with Crippen LogP contribution in [0.4, 0.5) is 24.5 Å². The molecule has 2 aromatic carbocycles. The standard InChI is InChI=1S/C26H35F3N4O3/c1-5-6-23(34)22(15-32-14-18-8-7-16(2)9-17(18)3)33(25(36)13-24(30)35)21-11-19(26(27,28)29)10-20(12-21)31-4/h7-12,22-23,31-32,34H,5-6,13-15H2,1-4H3,(H2,30,35). The van der Waals surface area contributed by atoms with Crippen LogP contribution in [-0.2, 0) is 22.3 Å². The Bertz CT molecular complexity index is 1060. The summed E-state index contributed by atoms with van der Waals surface area (Å²) in [7, 11) is 1.46. The first-order chi connectivity index (χ1) is 16.9. The van der Waals surface area contributed by atoms with Crippen molar-refractivity contribution < 1.29 is 27.9 Å². The number of rotatable bonds is 12. The van der Waals surface area contributed by atoms with Crippen LogP contribution in [0.25, 0.3) is 0 Å². The van der Waals surface area contributed by atoms with Gasteiger partial charge in [0.25, 0.3) is 0 Å². The van der Waals surface area contributed by atoms with Crippen molar-refractivity contribution in [1.82, 2.24) is 5.32 Å². The van der Waals surface area contributed by atoms with E-state index in [4.69, 9.17) is 5.73 Å². The highest BCUT2D eigenvalue weighted by atomic mass is 19.4. The van der Waals surface area contributed by atoms with E-state index in [-0.39, 0.29) is 17.9 Å². The van der Waals surface area contributed by atoms with Gasteiger partial charge in [-0.15, -0.1) is 0 Å². The molecule has 2 rings (SSSR count). The zero-order chi connectivity index (χ0) is 27.0. The number of alkyl halides is 3. The average molecular weight is 509 g/mol. The number of carbonyl (C=O) groups excluding carboxylic acids is 2. The quantitative estimate of drug-likeness (QED) is 0.326. The van der Waals surface area contributed by atoms with Gasteiger partial charge in [0.15, 0.2) is 0 Å². The second-order valence-electron chi connectivity index (χ2n) is 8.91. The van der Waals surface area contributed by atoms with Crippen molar-refractivity contribution in [2.45, 2.75) is 64.9 Å². The molecule has 0 aromatic heterocycles. The molecule has 2 unspecified atom stereocenters. The molecule has 0 spiro atoms. The maximum Gasteiger partial charge on any atom is 0.416 e. The molecule has 198 valence electrons. The lowest BCUT2D eigenvalue weighted by Crippen LogP contribution is -2.53. The number of aliphatic hydroxyl groups excluding tert-OH is 1. The molecule has 10 heteroatoms. The molecular formula is C26H35F3N4O3. The minimum Gasteiger partial charge on any atom is -0.391 e. The number of benzene rings is 2. The third kappa shape index (κ3) is 7.96. The van der Waals surface area contributed by atoms with Crippen molar-refractivity contribution in [2.75, 3.05) is 23.8 Å². The van der Waals surface area contributed by atoms with Crippen molar-refractivity contribution in [2.24, 2.45) is 5.73 Å². The van der Waals surface area contributed by atoms with Gasteiger partial charge in [-0.05, 0) is 49.6 Å². The van der Waals surface area contributed by atoms with Crippen LogP contribution in [0.2, 0.25) is 0 Å². The first-order valence-corrected chi connectivity index (χ1v) is 11.8. The summed E-state index contributed by atoms with van der Waals surface area (Å²) >= 11 is 0. The summed E-state index contributed by atoms with van der Waals surface area (Å²) in [6.45, 7) is 6.30. The zero-order valence-electron chi connectivity index (χ0n) is 21.1. The van der Waals surface area contributed by atoms with E-state index in [9.17, 15) is 27.9 Å². The van der Waals surface area contributed by atoms with Crippen molar-refractivity contribution in [1.29, 1.82) is 0 Å². The number of halogens is 3. The molecule has 0 saturated carbocycles. The van der Waals surface area contributed by atoms with Crippen LogP contribution < -0.4 is 21.3 Å². The zero-order valence-corrected chi connectivity index (χ0v) is 21.1. The van der Waals surface area contributed by atoms with E-state index in [1.807, 2.05) is 39.0 Å². The molecule has 2 atom stereocenters. The Labute approximate surface area is 209 Å². The van der Waals surface area contributed by atoms with Gasteiger partial charge in [-0.25, -0.2) is 0 Å². The van der Waals surface area contributed by atoms with Crippen LogP contribution in [0.3, 0.4) is 0 Å². The Kier molecular flexibility index (Phi) is 10.3. The topological polar surface area (TPSA) is 108 Å². The maximum atomic E-state index is 13.6. The Morgan fingerprint density at radius 3 is 2.39 bits per heavy atom. The molecule has 5 N–H and O–H groups in total. The minimum atomic E-state index is -4.67. The lowest BCUT2D eigenvalue weighted by Gasteiger charge is -2.36. The van der Waals surface area contributed by atoms with Gasteiger partial charge in [-0.1, -0.05) is 37.1 Å². The number of primary amides is 1. The number of anilines is 2. The Morgan fingerprint density at radius 1 is 1.14 bits per heavy atom. The second-order valence-corrected chi connectivity index (χ2v) is 8.91. The molecule has 2 aromatic rings. The molecule has 0 aliphatic heterocycles. The van der Waals surface area contributed by atoms with E-state index < -0.39 is 42.1 Å². The molecule has 0 aliphatic rings. The first-order valence-electron chi connectivity index (χ1n) is 11.8. The van der Waals surface area contributed by atoms with Crippen LogP contribution in [0.15, 0.2) is 36.4 Å². The van der Waals surface area contributed by atoms with E-state index in [1.54, 1.807) is 0 Å². The fourth-order valence-electron chi connectivity index (χ4n) is 4.10. The molecule has 0 aliphatic carbocycles. The van der Waals surface area contributed by atoms with Gasteiger partial charge >= 0.3 is 6.18 Å². The van der Waals surface area contributed by atoms with Gasteiger partial charge in [-0.2, -0.15) is 13.2 Å². The number of hydrogen-bond donors (Lipinski definition) is 4. The molecule has 0 heterocycles. The number of amides is 2. The molecule has 7 nitrogen and oxygen atoms in total. The van der Waals surface area contributed by atoms with Crippen LogP contribution in [0, 0.1) is 13.8 Å². The van der Waals surface area contributed by atoms with Crippen LogP contribution in [-0.4, -0.2) is 42.7 Å². The van der Waals surface area contributed by atoms with E-state index in [2.05, 4.69) is 10.6 Å². The second kappa shape index (κ2) is 12.7. The van der Waals surface area contributed by atoms with E-state index >= 15 is 0 Å². The number of aryl methyl sites for hydroxylation is 2. The summed E-state index contributed by atoms with van der Waals surface area (Å²) in [6, 6.07) is 8.17. The number of aliphatic hydroxyl groups is 1. The van der Waals surface area contributed by atoms with E-state index in [1.165, 1.54) is 13.1 Å². The summed E-state index contributed by atoms with van der Waals surface area (Å²) in [5.74, 6) is -1.71. The molecule has 2 amide bonds. The monoisotopic (exact) mass is 508 g/mol. The van der Waals surface area contributed by atoms with Gasteiger partial charge in [0.2, 0.25) is 11.8 Å². The van der Waals surface area contributed by atoms with Crippen LogP contribution >= 0.6 is 0 Å². The van der Waals surface area contributed by atoms with Crippen LogP contribution in [0.1, 0.15) is 48.4 Å². The molecule has 0 bridgehead atoms. The Morgan fingerprint density at radius 2 is 1.83 bits per heavy atom. The third-order valence-corrected chi connectivity index (χ3v) is 5.93. The molecule has 0 saturated heterocycles. The lowest BCUT2D eigenvalue weighted by molar-refractivity contribution is -0.137. The summed E-state index contributed by atoms with van der Waals surface area (Å²) in [5.41, 5.74) is 7.51. The van der Waals surface area contributed by atoms with Crippen molar-refractivity contribution in [3.63, 3.8) is 0 Å². The Hall–Kier alpha value is -3.11. The van der Waals surface area contributed by atoms with Crippen molar-refractivity contribution in [3.05, 3.63) is 58.7 Å². The maximum absolute atomic E-state index is 13.6. The highest BCUT2D eigenvalue weighted by molar-refractivity contribution is 6.05. The van der Waals surface area contributed by atoms with Gasteiger partial charge in [0.1, 0.15) is 6.42 Å². The van der Waals surface area contributed by atoms with Crippen molar-refractivity contribution in [3.8, 4) is 0 Å². The van der Waals surface area contributed by atoms with Gasteiger partial charge in [0, 0.05) is 31.5 Å². The smallest absolute Gasteiger partial charge is 0.391 e. The van der Waals surface area contributed by atoms with Crippen LogP contribution in [0.5, 0.6) is 0 Å². The number of nitrogens with two attached hydrogens (primary N) is 1. The molecule has 0 radical (unpaired) electrons. The average Bonchev–Trinajstić information content (AvgIpc) is 2.78. The largest absolute Gasteiger partial charge is 0.416 e. The first kappa shape index (κ1) is 29.1. The fourth-order valence-corrected chi connectivity index (χ4v) is 4.10. The molecule has 0 fully saturated rings. The highest BCUT2D eigenvalue weighted by Gasteiger charge is 2.35. The number of nitrogens with one attached hydrogen (secondary N) is 2. The number of carbonyl (C=O) groups is 2. The summed E-state index contributed by atoms with van der Waals surface area (Å²) in [6.07, 6.45) is -5.56. The summed E-state index contributed by atoms with van der Waals surface area (Å²) < 4.78 is 40.9. The predicted molar refractivity (Wildman–Crippen MR) is 135 cm³/mol. The summed E-state index contributed by atoms with van der Waals surface area (Å²) in [4.78, 5) is 25.8. The van der Waals surface area contributed by atoms with Crippen molar-refractivity contribution >= 4 is 23.2 Å². The normalized spacial score (nSPS) is 13.2. The third-order valence-electron chi connectivity index (χ3n) is 5.93. The number of hydrogen-bond acceptors (Lipinski definition) is 5. The van der Waals surface area contributed by atoms with Gasteiger partial charge in [0.05, 0.1) is 17.7 Å². The van der Waals surface area contributed by atoms with Gasteiger partial charge < -0.3 is 26.4 Å². The summed E-state index contributed by atoms with van der Waals surface area (Å²) in [5, 5.41) is 16.9. The lowest BCUT2D eigenvalue weighted by atomic mass is 10.0.